The summed E-state index contributed by atoms with van der Waals surface area (Å²) >= 11 is 0. The molecule has 0 radical (unpaired) electrons. The molecule has 2 unspecified atom stereocenters. The Morgan fingerprint density at radius 1 is 1.36 bits per heavy atom. The zero-order valence-corrected chi connectivity index (χ0v) is 12.3. The molecule has 0 aliphatic carbocycles. The Hall–Kier alpha value is -2.63. The Morgan fingerprint density at radius 3 is 2.55 bits per heavy atom. The average Bonchev–Trinajstić information content (AvgIpc) is 2.72. The van der Waals surface area contributed by atoms with E-state index >= 15 is 0 Å². The summed E-state index contributed by atoms with van der Waals surface area (Å²) in [5.41, 5.74) is 0.910. The standard InChI is InChI=1S/C16H18N2O4/c1-3-9-17-13(10-12-7-5-4-6-8-12)14(19)18(16(17)22)11(2)15(20)21/h3-8,11,13H,1,9-10H2,2H3,(H,20,21). The minimum absolute atomic E-state index is 0.199. The van der Waals surface area contributed by atoms with Gasteiger partial charge in [0, 0.05) is 13.0 Å². The zero-order valence-electron chi connectivity index (χ0n) is 12.3. The molecule has 0 aromatic heterocycles. The van der Waals surface area contributed by atoms with Crippen molar-refractivity contribution in [2.75, 3.05) is 6.54 Å². The number of aliphatic carboxylic acids is 1. The topological polar surface area (TPSA) is 77.9 Å². The lowest BCUT2D eigenvalue weighted by molar-refractivity contribution is -0.146. The second kappa shape index (κ2) is 6.43. The van der Waals surface area contributed by atoms with Crippen LogP contribution >= 0.6 is 0 Å². The second-order valence-corrected chi connectivity index (χ2v) is 5.15. The van der Waals surface area contributed by atoms with E-state index in [2.05, 4.69) is 6.58 Å². The van der Waals surface area contributed by atoms with E-state index in [1.807, 2.05) is 30.3 Å². The number of carbonyl (C=O) groups excluding carboxylic acids is 2. The molecular weight excluding hydrogens is 284 g/mol. The molecule has 0 spiro atoms. The molecule has 22 heavy (non-hydrogen) atoms. The predicted octanol–water partition coefficient (Wildman–Crippen LogP) is 1.52. The second-order valence-electron chi connectivity index (χ2n) is 5.15. The first-order chi connectivity index (χ1) is 10.5. The number of nitrogens with zero attached hydrogens (tertiary/aromatic N) is 2. The zero-order chi connectivity index (χ0) is 16.3. The molecule has 0 bridgehead atoms. The summed E-state index contributed by atoms with van der Waals surface area (Å²) in [4.78, 5) is 38.2. The summed E-state index contributed by atoms with van der Waals surface area (Å²) in [5, 5.41) is 9.09. The lowest BCUT2D eigenvalue weighted by Crippen LogP contribution is -2.44. The molecule has 1 heterocycles. The van der Waals surface area contributed by atoms with Gasteiger partial charge < -0.3 is 10.0 Å². The quantitative estimate of drug-likeness (QED) is 0.638. The number of imide groups is 1. The molecule has 1 aromatic carbocycles. The molecule has 6 heteroatoms. The molecular formula is C16H18N2O4. The lowest BCUT2D eigenvalue weighted by atomic mass is 10.0. The highest BCUT2D eigenvalue weighted by molar-refractivity contribution is 6.06. The van der Waals surface area contributed by atoms with Gasteiger partial charge in [-0.15, -0.1) is 6.58 Å². The number of carbonyl (C=O) groups is 3. The predicted molar refractivity (Wildman–Crippen MR) is 80.2 cm³/mol. The first-order valence-corrected chi connectivity index (χ1v) is 6.98. The minimum atomic E-state index is -1.21. The smallest absolute Gasteiger partial charge is 0.328 e. The number of carboxylic acids is 1. The highest BCUT2D eigenvalue weighted by Crippen LogP contribution is 2.23. The maximum Gasteiger partial charge on any atom is 0.328 e. The van der Waals surface area contributed by atoms with Crippen LogP contribution in [-0.2, 0) is 16.0 Å². The Balaban J connectivity index is 2.30. The highest BCUT2D eigenvalue weighted by atomic mass is 16.4. The van der Waals surface area contributed by atoms with Gasteiger partial charge in [-0.3, -0.25) is 4.79 Å². The van der Waals surface area contributed by atoms with E-state index in [0.29, 0.717) is 6.42 Å². The van der Waals surface area contributed by atoms with Crippen molar-refractivity contribution in [1.82, 2.24) is 9.80 Å². The molecule has 1 saturated heterocycles. The maximum absolute atomic E-state index is 12.5. The Kier molecular flexibility index (Phi) is 4.60. The summed E-state index contributed by atoms with van der Waals surface area (Å²) < 4.78 is 0. The van der Waals surface area contributed by atoms with E-state index in [-0.39, 0.29) is 6.54 Å². The van der Waals surface area contributed by atoms with Gasteiger partial charge in [0.15, 0.2) is 0 Å². The monoisotopic (exact) mass is 302 g/mol. The number of carboxylic acid groups (broad SMARTS) is 1. The van der Waals surface area contributed by atoms with Gasteiger partial charge in [0.1, 0.15) is 12.1 Å². The third-order valence-electron chi connectivity index (χ3n) is 3.69. The molecule has 1 aliphatic heterocycles. The molecule has 116 valence electrons. The number of urea groups is 1. The van der Waals surface area contributed by atoms with Crippen molar-refractivity contribution in [3.05, 3.63) is 48.6 Å². The Labute approximate surface area is 128 Å². The number of rotatable bonds is 6. The summed E-state index contributed by atoms with van der Waals surface area (Å²) in [7, 11) is 0. The van der Waals surface area contributed by atoms with Crippen molar-refractivity contribution < 1.29 is 19.5 Å². The van der Waals surface area contributed by atoms with E-state index in [4.69, 9.17) is 5.11 Å². The summed E-state index contributed by atoms with van der Waals surface area (Å²) in [6, 6.07) is 6.84. The summed E-state index contributed by atoms with van der Waals surface area (Å²) in [5.74, 6) is -1.69. The van der Waals surface area contributed by atoms with Crippen LogP contribution in [0.4, 0.5) is 4.79 Å². The molecule has 1 fully saturated rings. The molecule has 1 N–H and O–H groups in total. The fourth-order valence-corrected chi connectivity index (χ4v) is 2.51. The molecule has 2 rings (SSSR count). The van der Waals surface area contributed by atoms with Crippen LogP contribution in [-0.4, -0.2) is 51.4 Å². The molecule has 6 nitrogen and oxygen atoms in total. The van der Waals surface area contributed by atoms with E-state index in [0.717, 1.165) is 10.5 Å². The van der Waals surface area contributed by atoms with Crippen LogP contribution in [0.1, 0.15) is 12.5 Å². The summed E-state index contributed by atoms with van der Waals surface area (Å²) in [6.45, 7) is 5.12. The van der Waals surface area contributed by atoms with Crippen molar-refractivity contribution in [1.29, 1.82) is 0 Å². The number of hydrogen-bond donors (Lipinski definition) is 1. The van der Waals surface area contributed by atoms with Crippen LogP contribution in [0.5, 0.6) is 0 Å². The van der Waals surface area contributed by atoms with Gasteiger partial charge in [-0.1, -0.05) is 36.4 Å². The number of amides is 3. The van der Waals surface area contributed by atoms with Crippen LogP contribution in [0.25, 0.3) is 0 Å². The van der Waals surface area contributed by atoms with Crippen LogP contribution < -0.4 is 0 Å². The maximum atomic E-state index is 12.5. The van der Waals surface area contributed by atoms with Crippen LogP contribution in [0.3, 0.4) is 0 Å². The van der Waals surface area contributed by atoms with E-state index in [9.17, 15) is 14.4 Å². The highest BCUT2D eigenvalue weighted by Gasteiger charge is 2.47. The molecule has 1 aromatic rings. The first kappa shape index (κ1) is 15.8. The molecule has 1 aliphatic rings. The number of benzene rings is 1. The fraction of sp³-hybridized carbons (Fsp3) is 0.312. The molecule has 3 amide bonds. The average molecular weight is 302 g/mol. The van der Waals surface area contributed by atoms with Crippen molar-refractivity contribution >= 4 is 17.9 Å². The van der Waals surface area contributed by atoms with Gasteiger partial charge in [0.2, 0.25) is 0 Å². The third-order valence-corrected chi connectivity index (χ3v) is 3.69. The summed E-state index contributed by atoms with van der Waals surface area (Å²) in [6.07, 6.45) is 1.88. The van der Waals surface area contributed by atoms with Gasteiger partial charge >= 0.3 is 12.0 Å². The van der Waals surface area contributed by atoms with Gasteiger partial charge in [-0.05, 0) is 12.5 Å². The van der Waals surface area contributed by atoms with Gasteiger partial charge in [-0.2, -0.15) is 0 Å². The van der Waals surface area contributed by atoms with Gasteiger partial charge in [-0.25, -0.2) is 14.5 Å². The Morgan fingerprint density at radius 2 is 2.00 bits per heavy atom. The van der Waals surface area contributed by atoms with Crippen molar-refractivity contribution in [2.45, 2.75) is 25.4 Å². The normalized spacial score (nSPS) is 19.4. The van der Waals surface area contributed by atoms with Crippen molar-refractivity contribution in [3.63, 3.8) is 0 Å². The van der Waals surface area contributed by atoms with Crippen molar-refractivity contribution in [3.8, 4) is 0 Å². The van der Waals surface area contributed by atoms with E-state index in [1.54, 1.807) is 0 Å². The largest absolute Gasteiger partial charge is 0.480 e. The van der Waals surface area contributed by atoms with Gasteiger partial charge in [0.25, 0.3) is 5.91 Å². The number of hydrogen-bond acceptors (Lipinski definition) is 3. The molecule has 2 atom stereocenters. The van der Waals surface area contributed by atoms with Crippen LogP contribution in [0.15, 0.2) is 43.0 Å². The fourth-order valence-electron chi connectivity index (χ4n) is 2.51. The Bertz CT molecular complexity index is 599. The SMILES string of the molecule is C=CCN1C(=O)N(C(C)C(=O)O)C(=O)C1Cc1ccccc1. The van der Waals surface area contributed by atoms with E-state index < -0.39 is 30.0 Å². The van der Waals surface area contributed by atoms with Crippen molar-refractivity contribution in [2.24, 2.45) is 0 Å². The van der Waals surface area contributed by atoms with Gasteiger partial charge in [0.05, 0.1) is 0 Å². The minimum Gasteiger partial charge on any atom is -0.480 e. The first-order valence-electron chi connectivity index (χ1n) is 6.98. The molecule has 0 saturated carbocycles. The van der Waals surface area contributed by atoms with E-state index in [1.165, 1.54) is 17.9 Å². The van der Waals surface area contributed by atoms with Crippen LogP contribution in [0.2, 0.25) is 0 Å². The van der Waals surface area contributed by atoms with Crippen LogP contribution in [0, 0.1) is 0 Å². The lowest BCUT2D eigenvalue weighted by Gasteiger charge is -2.20. The third kappa shape index (κ3) is 2.86.